The maximum atomic E-state index is 12.2. The van der Waals surface area contributed by atoms with Gasteiger partial charge >= 0.3 is 6.03 Å². The van der Waals surface area contributed by atoms with Gasteiger partial charge in [-0.1, -0.05) is 13.8 Å². The summed E-state index contributed by atoms with van der Waals surface area (Å²) in [5, 5.41) is 12.4. The molecular weight excluding hydrogens is 242 g/mol. The van der Waals surface area contributed by atoms with Gasteiger partial charge in [0.15, 0.2) is 0 Å². The highest BCUT2D eigenvalue weighted by Gasteiger charge is 2.32. The van der Waals surface area contributed by atoms with Gasteiger partial charge in [0, 0.05) is 19.1 Å². The van der Waals surface area contributed by atoms with Gasteiger partial charge in [-0.25, -0.2) is 4.79 Å². The molecule has 0 spiro atoms. The van der Waals surface area contributed by atoms with Crippen molar-refractivity contribution in [3.8, 4) is 0 Å². The number of aliphatic hydroxyl groups is 1. The molecule has 1 aliphatic heterocycles. The fourth-order valence-electron chi connectivity index (χ4n) is 2.71. The minimum absolute atomic E-state index is 0.00754. The number of likely N-dealkylation sites (tertiary alicyclic amines) is 1. The third-order valence-corrected chi connectivity index (χ3v) is 4.08. The number of aliphatic hydroxyl groups excluding tert-OH is 1. The van der Waals surface area contributed by atoms with Gasteiger partial charge in [0.1, 0.15) is 0 Å². The number of amides is 2. The Morgan fingerprint density at radius 3 is 2.68 bits per heavy atom. The van der Waals surface area contributed by atoms with Crippen LogP contribution in [0, 0.1) is 5.41 Å². The van der Waals surface area contributed by atoms with E-state index in [1.54, 1.807) is 4.90 Å². The van der Waals surface area contributed by atoms with Crippen LogP contribution in [0.15, 0.2) is 0 Å². The van der Waals surface area contributed by atoms with Crippen molar-refractivity contribution >= 4 is 6.03 Å². The molecule has 1 saturated heterocycles. The van der Waals surface area contributed by atoms with Gasteiger partial charge in [-0.15, -0.1) is 0 Å². The van der Waals surface area contributed by atoms with E-state index in [1.165, 1.54) is 0 Å². The fourth-order valence-corrected chi connectivity index (χ4v) is 2.71. The number of carbonyl (C=O) groups is 1. The lowest BCUT2D eigenvalue weighted by atomic mass is 9.85. The first-order valence-corrected chi connectivity index (χ1v) is 7.10. The molecule has 0 radical (unpaired) electrons. The Hall–Kier alpha value is -0.810. The first kappa shape index (κ1) is 16.2. The Morgan fingerprint density at radius 2 is 2.16 bits per heavy atom. The highest BCUT2D eigenvalue weighted by Crippen LogP contribution is 2.22. The van der Waals surface area contributed by atoms with Crippen LogP contribution in [0.3, 0.4) is 0 Å². The molecule has 0 saturated carbocycles. The summed E-state index contributed by atoms with van der Waals surface area (Å²) in [5.74, 6) is 0. The molecule has 112 valence electrons. The predicted octanol–water partition coefficient (Wildman–Crippen LogP) is 1.13. The van der Waals surface area contributed by atoms with Crippen molar-refractivity contribution < 1.29 is 9.90 Å². The number of nitrogens with one attached hydrogen (secondary N) is 1. The summed E-state index contributed by atoms with van der Waals surface area (Å²) in [6.45, 7) is 8.08. The Kier molecular flexibility index (Phi) is 5.62. The van der Waals surface area contributed by atoms with Gasteiger partial charge in [0.25, 0.3) is 0 Å². The van der Waals surface area contributed by atoms with Crippen LogP contribution in [0.1, 0.15) is 33.6 Å². The van der Waals surface area contributed by atoms with Crippen LogP contribution in [0.4, 0.5) is 4.79 Å². The molecule has 1 heterocycles. The van der Waals surface area contributed by atoms with Crippen LogP contribution in [0.25, 0.3) is 0 Å². The number of hydrogen-bond acceptors (Lipinski definition) is 3. The summed E-state index contributed by atoms with van der Waals surface area (Å²) in [4.78, 5) is 16.1. The van der Waals surface area contributed by atoms with Gasteiger partial charge in [-0.05, 0) is 39.3 Å². The number of nitrogens with zero attached hydrogens (tertiary/aromatic N) is 2. The van der Waals surface area contributed by atoms with E-state index in [9.17, 15) is 9.90 Å². The zero-order valence-electron chi connectivity index (χ0n) is 12.9. The first-order chi connectivity index (χ1) is 8.77. The Bertz CT molecular complexity index is 305. The second kappa shape index (κ2) is 6.57. The van der Waals surface area contributed by atoms with Gasteiger partial charge in [0.05, 0.1) is 12.6 Å². The largest absolute Gasteiger partial charge is 0.394 e. The predicted molar refractivity (Wildman–Crippen MR) is 77.1 cm³/mol. The van der Waals surface area contributed by atoms with E-state index >= 15 is 0 Å². The third kappa shape index (κ3) is 4.35. The summed E-state index contributed by atoms with van der Waals surface area (Å²) in [6, 6.07) is 0.0300. The van der Waals surface area contributed by atoms with Crippen LogP contribution >= 0.6 is 0 Å². The maximum absolute atomic E-state index is 12.2. The highest BCUT2D eigenvalue weighted by molar-refractivity contribution is 5.75. The molecule has 1 fully saturated rings. The van der Waals surface area contributed by atoms with Crippen LogP contribution in [-0.2, 0) is 0 Å². The molecule has 2 N–H and O–H groups in total. The van der Waals surface area contributed by atoms with E-state index in [0.717, 1.165) is 25.9 Å². The Balaban J connectivity index is 2.56. The van der Waals surface area contributed by atoms with Gasteiger partial charge in [-0.2, -0.15) is 0 Å². The number of hydrogen-bond donors (Lipinski definition) is 2. The van der Waals surface area contributed by atoms with E-state index in [1.807, 2.05) is 21.0 Å². The van der Waals surface area contributed by atoms with Crippen molar-refractivity contribution in [3.05, 3.63) is 0 Å². The molecule has 0 aromatic heterocycles. The molecule has 0 aromatic carbocycles. The molecule has 19 heavy (non-hydrogen) atoms. The van der Waals surface area contributed by atoms with Crippen molar-refractivity contribution in [2.45, 2.75) is 45.7 Å². The van der Waals surface area contributed by atoms with Crippen molar-refractivity contribution in [2.75, 3.05) is 33.8 Å². The first-order valence-electron chi connectivity index (χ1n) is 7.10. The van der Waals surface area contributed by atoms with Gasteiger partial charge < -0.3 is 20.2 Å². The van der Waals surface area contributed by atoms with Crippen LogP contribution < -0.4 is 5.32 Å². The molecule has 1 aliphatic rings. The minimum Gasteiger partial charge on any atom is -0.394 e. The normalized spacial score (nSPS) is 21.8. The monoisotopic (exact) mass is 271 g/mol. The number of carbonyl (C=O) groups excluding carboxylic acids is 1. The summed E-state index contributed by atoms with van der Waals surface area (Å²) >= 11 is 0. The zero-order valence-corrected chi connectivity index (χ0v) is 12.9. The van der Waals surface area contributed by atoms with Crippen molar-refractivity contribution in [2.24, 2.45) is 5.41 Å². The lowest BCUT2D eigenvalue weighted by Crippen LogP contribution is -2.52. The van der Waals surface area contributed by atoms with E-state index < -0.39 is 0 Å². The smallest absolute Gasteiger partial charge is 0.317 e. The second-order valence-electron chi connectivity index (χ2n) is 6.57. The van der Waals surface area contributed by atoms with Crippen LogP contribution in [0.5, 0.6) is 0 Å². The Labute approximate surface area is 117 Å². The average molecular weight is 271 g/mol. The molecule has 5 heteroatoms. The standard InChI is InChI=1S/C14H29N3O2/c1-11(14(2,3)10-16(4)5)15-13(19)17-8-6-7-12(17)9-18/h11-12,18H,6-10H2,1-5H3,(H,15,19)/t11-,12-/m1/s1. The third-order valence-electron chi connectivity index (χ3n) is 4.08. The molecule has 0 aromatic rings. The molecule has 5 nitrogen and oxygen atoms in total. The maximum Gasteiger partial charge on any atom is 0.317 e. The molecular formula is C14H29N3O2. The minimum atomic E-state index is -0.0455. The lowest BCUT2D eigenvalue weighted by Gasteiger charge is -2.36. The molecule has 1 rings (SSSR count). The molecule has 0 bridgehead atoms. The molecule has 2 amide bonds. The SMILES string of the molecule is C[C@@H](NC(=O)N1CCC[C@@H]1CO)C(C)(C)CN(C)C. The average Bonchev–Trinajstić information content (AvgIpc) is 2.74. The summed E-state index contributed by atoms with van der Waals surface area (Å²) < 4.78 is 0. The number of rotatable bonds is 5. The van der Waals surface area contributed by atoms with Crippen molar-refractivity contribution in [3.63, 3.8) is 0 Å². The quantitative estimate of drug-likeness (QED) is 0.788. The Morgan fingerprint density at radius 1 is 1.53 bits per heavy atom. The van der Waals surface area contributed by atoms with Gasteiger partial charge in [0.2, 0.25) is 0 Å². The summed E-state index contributed by atoms with van der Waals surface area (Å²) in [6.07, 6.45) is 1.88. The highest BCUT2D eigenvalue weighted by atomic mass is 16.3. The van der Waals surface area contributed by atoms with E-state index in [-0.39, 0.29) is 30.1 Å². The van der Waals surface area contributed by atoms with Gasteiger partial charge in [-0.3, -0.25) is 0 Å². The van der Waals surface area contributed by atoms with E-state index in [0.29, 0.717) is 0 Å². The number of urea groups is 1. The van der Waals surface area contributed by atoms with Crippen LogP contribution in [0.2, 0.25) is 0 Å². The zero-order chi connectivity index (χ0) is 14.6. The molecule has 0 unspecified atom stereocenters. The van der Waals surface area contributed by atoms with E-state index in [4.69, 9.17) is 0 Å². The van der Waals surface area contributed by atoms with E-state index in [2.05, 4.69) is 24.1 Å². The molecule has 2 atom stereocenters. The molecule has 0 aliphatic carbocycles. The second-order valence-corrected chi connectivity index (χ2v) is 6.57. The fraction of sp³-hybridized carbons (Fsp3) is 0.929. The lowest BCUT2D eigenvalue weighted by molar-refractivity contribution is 0.139. The van der Waals surface area contributed by atoms with Crippen molar-refractivity contribution in [1.29, 1.82) is 0 Å². The summed E-state index contributed by atoms with van der Waals surface area (Å²) in [5.41, 5.74) is 0.00754. The summed E-state index contributed by atoms with van der Waals surface area (Å²) in [7, 11) is 4.08. The van der Waals surface area contributed by atoms with Crippen LogP contribution in [-0.4, -0.2) is 66.8 Å². The van der Waals surface area contributed by atoms with Crippen molar-refractivity contribution in [1.82, 2.24) is 15.1 Å². The topological polar surface area (TPSA) is 55.8 Å².